The Balaban J connectivity index is 3.22. The molecule has 1 aromatic rings. The fraction of sp³-hybridized carbons (Fsp3) is 0.667. The van der Waals surface area contributed by atoms with Crippen molar-refractivity contribution in [2.24, 2.45) is 23.5 Å². The Morgan fingerprint density at radius 3 is 1.82 bits per heavy atom. The van der Waals surface area contributed by atoms with Gasteiger partial charge in [-0.2, -0.15) is 0 Å². The van der Waals surface area contributed by atoms with Crippen molar-refractivity contribution >= 4 is 24.1 Å². The van der Waals surface area contributed by atoms with Gasteiger partial charge < -0.3 is 29.8 Å². The van der Waals surface area contributed by atoms with Crippen LogP contribution in [-0.2, 0) is 23.9 Å². The Bertz CT molecular complexity index is 974. The normalized spacial score (nSPS) is 13.6. The van der Waals surface area contributed by atoms with Gasteiger partial charge in [0, 0.05) is 18.8 Å². The van der Waals surface area contributed by atoms with Gasteiger partial charge in [0.25, 0.3) is 0 Å². The van der Waals surface area contributed by atoms with Gasteiger partial charge in [-0.05, 0) is 68.1 Å². The molecule has 1 aromatic carbocycles. The van der Waals surface area contributed by atoms with Gasteiger partial charge in [-0.1, -0.05) is 47.6 Å². The monoisotopic (exact) mass is 565 g/mol. The first-order valence-corrected chi connectivity index (χ1v) is 14.1. The van der Waals surface area contributed by atoms with Gasteiger partial charge >= 0.3 is 24.1 Å². The van der Waals surface area contributed by atoms with Crippen molar-refractivity contribution in [3.05, 3.63) is 23.8 Å². The molecule has 3 atom stereocenters. The Kier molecular flexibility index (Phi) is 15.3. The maximum absolute atomic E-state index is 12.6. The topological polar surface area (TPSA) is 151 Å². The lowest BCUT2D eigenvalue weighted by atomic mass is 9.87. The summed E-state index contributed by atoms with van der Waals surface area (Å²) < 4.78 is 21.5. The number of esters is 2. The summed E-state index contributed by atoms with van der Waals surface area (Å²) in [5.41, 5.74) is 6.46. The first-order valence-electron chi connectivity index (χ1n) is 14.1. The zero-order valence-corrected chi connectivity index (χ0v) is 24.9. The average molecular weight is 566 g/mol. The first-order chi connectivity index (χ1) is 18.7. The number of carboxylic acids is 1. The second-order valence-electron chi connectivity index (χ2n) is 11.4. The summed E-state index contributed by atoms with van der Waals surface area (Å²) in [7, 11) is 0. The van der Waals surface area contributed by atoms with Gasteiger partial charge in [0.2, 0.25) is 0 Å². The molecule has 10 nitrogen and oxygen atoms in total. The van der Waals surface area contributed by atoms with E-state index in [9.17, 15) is 24.3 Å². The second-order valence-corrected chi connectivity index (χ2v) is 11.4. The molecule has 1 rings (SSSR count). The van der Waals surface area contributed by atoms with Crippen molar-refractivity contribution in [1.82, 2.24) is 0 Å². The molecular weight excluding hydrogens is 518 g/mol. The molecule has 0 aliphatic carbocycles. The van der Waals surface area contributed by atoms with Gasteiger partial charge in [-0.3, -0.25) is 14.4 Å². The number of nitrogens with two attached hydrogens (primary N) is 1. The maximum atomic E-state index is 12.6. The Morgan fingerprint density at radius 1 is 0.800 bits per heavy atom. The molecule has 0 amide bonds. The lowest BCUT2D eigenvalue weighted by molar-refractivity contribution is -0.139. The minimum absolute atomic E-state index is 0.00610. The van der Waals surface area contributed by atoms with Gasteiger partial charge in [-0.15, -0.1) is 0 Å². The molecule has 0 aliphatic heterocycles. The van der Waals surface area contributed by atoms with Crippen LogP contribution in [0.3, 0.4) is 0 Å². The lowest BCUT2D eigenvalue weighted by Crippen LogP contribution is -2.38. The summed E-state index contributed by atoms with van der Waals surface area (Å²) in [6.07, 6.45) is 0.750. The molecule has 40 heavy (non-hydrogen) atoms. The van der Waals surface area contributed by atoms with E-state index in [1.165, 1.54) is 12.1 Å². The number of benzene rings is 1. The van der Waals surface area contributed by atoms with Gasteiger partial charge in [0.05, 0.1) is 6.61 Å². The zero-order chi connectivity index (χ0) is 30.4. The summed E-state index contributed by atoms with van der Waals surface area (Å²) in [6.45, 7) is 13.8. The molecule has 2 unspecified atom stereocenters. The summed E-state index contributed by atoms with van der Waals surface area (Å²) in [5, 5.41) is 9.68. The molecule has 0 bridgehead atoms. The van der Waals surface area contributed by atoms with Crippen molar-refractivity contribution in [3.8, 4) is 11.5 Å². The quantitative estimate of drug-likeness (QED) is 0.174. The smallest absolute Gasteiger partial charge is 0.480 e. The third-order valence-corrected chi connectivity index (χ3v) is 6.21. The SMILES string of the molecule is CC(C)CCOC(=O)OC(C)CC(c1ccc(OC(=O)CCC(C)C)c(OC(=O)CCC(C)C)c1)[C@H](N)C(=O)O. The summed E-state index contributed by atoms with van der Waals surface area (Å²) in [4.78, 5) is 48.9. The fourth-order valence-corrected chi connectivity index (χ4v) is 3.72. The molecule has 0 fully saturated rings. The highest BCUT2D eigenvalue weighted by Crippen LogP contribution is 2.35. The molecule has 0 spiro atoms. The Hall–Kier alpha value is -3.14. The van der Waals surface area contributed by atoms with Crippen LogP contribution in [-0.4, -0.2) is 47.9 Å². The number of aliphatic carboxylic acids is 1. The third kappa shape index (κ3) is 13.8. The second kappa shape index (κ2) is 17.5. The van der Waals surface area contributed by atoms with E-state index in [2.05, 4.69) is 0 Å². The molecule has 0 heterocycles. The number of carbonyl (C=O) groups is 4. The number of hydrogen-bond acceptors (Lipinski definition) is 9. The predicted molar refractivity (Wildman–Crippen MR) is 150 cm³/mol. The standard InChI is InChI=1S/C30H47NO9/c1-18(2)8-12-26(32)39-24-11-10-22(17-25(24)40-27(33)13-9-19(3)4)23(28(31)29(34)35)16-21(7)38-30(36)37-15-14-20(5)6/h10-11,17-21,23,28H,8-9,12-16,31H2,1-7H3,(H,34,35)/t21?,23?,28-/m0/s1. The molecule has 0 saturated heterocycles. The van der Waals surface area contributed by atoms with Crippen LogP contribution in [0.15, 0.2) is 18.2 Å². The van der Waals surface area contributed by atoms with Gasteiger partial charge in [0.1, 0.15) is 12.1 Å². The minimum Gasteiger partial charge on any atom is -0.480 e. The minimum atomic E-state index is -1.35. The van der Waals surface area contributed by atoms with E-state index in [4.69, 9.17) is 24.7 Å². The highest BCUT2D eigenvalue weighted by Gasteiger charge is 2.30. The van der Waals surface area contributed by atoms with Crippen LogP contribution >= 0.6 is 0 Å². The molecule has 0 radical (unpaired) electrons. The summed E-state index contributed by atoms with van der Waals surface area (Å²) >= 11 is 0. The average Bonchev–Trinajstić information content (AvgIpc) is 2.85. The van der Waals surface area contributed by atoms with E-state index in [-0.39, 0.29) is 43.3 Å². The first kappa shape index (κ1) is 34.9. The zero-order valence-electron chi connectivity index (χ0n) is 24.9. The van der Waals surface area contributed by atoms with Crippen molar-refractivity contribution in [2.75, 3.05) is 6.61 Å². The fourth-order valence-electron chi connectivity index (χ4n) is 3.72. The highest BCUT2D eigenvalue weighted by atomic mass is 16.7. The van der Waals surface area contributed by atoms with E-state index >= 15 is 0 Å². The molecule has 0 aliphatic rings. The van der Waals surface area contributed by atoms with Crippen molar-refractivity contribution in [1.29, 1.82) is 0 Å². The largest absolute Gasteiger partial charge is 0.508 e. The van der Waals surface area contributed by atoms with Crippen LogP contribution in [0.2, 0.25) is 0 Å². The molecule has 0 saturated carbocycles. The van der Waals surface area contributed by atoms with Crippen LogP contribution in [0.25, 0.3) is 0 Å². The maximum Gasteiger partial charge on any atom is 0.508 e. The third-order valence-electron chi connectivity index (χ3n) is 6.21. The number of rotatable bonds is 17. The number of hydrogen-bond donors (Lipinski definition) is 2. The van der Waals surface area contributed by atoms with Crippen LogP contribution in [0.4, 0.5) is 4.79 Å². The molecule has 226 valence electrons. The van der Waals surface area contributed by atoms with Crippen molar-refractivity contribution < 1.29 is 43.2 Å². The molecule has 0 aromatic heterocycles. The lowest BCUT2D eigenvalue weighted by Gasteiger charge is -2.25. The molecular formula is C30H47NO9. The molecule has 3 N–H and O–H groups in total. The van der Waals surface area contributed by atoms with Crippen molar-refractivity contribution in [2.45, 2.75) is 105 Å². The molecule has 10 heteroatoms. The van der Waals surface area contributed by atoms with Crippen molar-refractivity contribution in [3.63, 3.8) is 0 Å². The van der Waals surface area contributed by atoms with E-state index in [0.717, 1.165) is 0 Å². The van der Waals surface area contributed by atoms with Gasteiger partial charge in [-0.25, -0.2) is 4.79 Å². The van der Waals surface area contributed by atoms with Gasteiger partial charge in [0.15, 0.2) is 11.5 Å². The number of ether oxygens (including phenoxy) is 4. The van der Waals surface area contributed by atoms with E-state index < -0.39 is 42.1 Å². The summed E-state index contributed by atoms with van der Waals surface area (Å²) in [6, 6.07) is 3.13. The van der Waals surface area contributed by atoms with Crippen LogP contribution in [0, 0.1) is 17.8 Å². The Labute approximate surface area is 237 Å². The van der Waals surface area contributed by atoms with Crippen LogP contribution in [0.1, 0.15) is 98.5 Å². The number of carbonyl (C=O) groups excluding carboxylic acids is 3. The highest BCUT2D eigenvalue weighted by molar-refractivity contribution is 5.77. The van der Waals surface area contributed by atoms with Crippen LogP contribution in [0.5, 0.6) is 11.5 Å². The summed E-state index contributed by atoms with van der Waals surface area (Å²) in [5.74, 6) is -2.07. The van der Waals surface area contributed by atoms with E-state index in [0.29, 0.717) is 36.7 Å². The Morgan fingerprint density at radius 2 is 1.32 bits per heavy atom. The number of carboxylic acid groups (broad SMARTS) is 1. The van der Waals surface area contributed by atoms with E-state index in [1.54, 1.807) is 13.0 Å². The predicted octanol–water partition coefficient (Wildman–Crippen LogP) is 5.84. The van der Waals surface area contributed by atoms with Crippen LogP contribution < -0.4 is 15.2 Å². The van der Waals surface area contributed by atoms with E-state index in [1.807, 2.05) is 41.5 Å².